The molecule has 0 bridgehead atoms. The lowest BCUT2D eigenvalue weighted by molar-refractivity contribution is 0.0767. The Balaban J connectivity index is 1.65. The molecule has 134 valence electrons. The first-order valence-electron chi connectivity index (χ1n) is 8.01. The molecule has 3 heterocycles. The van der Waals surface area contributed by atoms with Gasteiger partial charge < -0.3 is 19.3 Å². The second kappa shape index (κ2) is 6.96. The summed E-state index contributed by atoms with van der Waals surface area (Å²) in [5, 5.41) is 4.13. The number of methoxy groups -OCH3 is 1. The molecule has 25 heavy (non-hydrogen) atoms. The Morgan fingerprint density at radius 1 is 1.36 bits per heavy atom. The van der Waals surface area contributed by atoms with Crippen molar-refractivity contribution in [3.8, 4) is 11.8 Å². The highest BCUT2D eigenvalue weighted by Crippen LogP contribution is 2.22. The Morgan fingerprint density at radius 3 is 2.88 bits per heavy atom. The number of amides is 1. The Kier molecular flexibility index (Phi) is 4.73. The molecule has 1 aliphatic rings. The van der Waals surface area contributed by atoms with E-state index in [-0.39, 0.29) is 12.0 Å². The molecule has 0 saturated carbocycles. The van der Waals surface area contributed by atoms with Crippen molar-refractivity contribution >= 4 is 11.7 Å². The van der Waals surface area contributed by atoms with Crippen LogP contribution in [0.3, 0.4) is 0 Å². The summed E-state index contributed by atoms with van der Waals surface area (Å²) < 4.78 is 12.6. The summed E-state index contributed by atoms with van der Waals surface area (Å²) in [5.74, 6) is 1.42. The number of aromatic nitrogens is 4. The summed E-state index contributed by atoms with van der Waals surface area (Å²) in [4.78, 5) is 24.8. The lowest BCUT2D eigenvalue weighted by atomic mass is 10.3. The third kappa shape index (κ3) is 3.65. The highest BCUT2D eigenvalue weighted by Gasteiger charge is 2.31. The van der Waals surface area contributed by atoms with Gasteiger partial charge in [0.25, 0.3) is 5.91 Å². The number of hydrogen-bond acceptors (Lipinski definition) is 7. The van der Waals surface area contributed by atoms with E-state index in [1.165, 1.54) is 7.11 Å². The third-order valence-electron chi connectivity index (χ3n) is 4.00. The van der Waals surface area contributed by atoms with Gasteiger partial charge in [0.2, 0.25) is 11.8 Å². The molecule has 9 nitrogen and oxygen atoms in total. The van der Waals surface area contributed by atoms with Crippen LogP contribution in [0.1, 0.15) is 16.8 Å². The standard InChI is InChI=1S/C16H22N6O3/c1-20(2)13-7-17-8-14(18-13)25-11-5-6-22(9-11)16(23)12-10-21(3)19-15(12)24-4/h7-8,10-11H,5-6,9H2,1-4H3/t11-/m1/s1. The molecule has 0 spiro atoms. The van der Waals surface area contributed by atoms with Crippen LogP contribution in [0.15, 0.2) is 18.6 Å². The molecule has 1 saturated heterocycles. The minimum absolute atomic E-state index is 0.107. The molecule has 0 radical (unpaired) electrons. The second-order valence-corrected chi connectivity index (χ2v) is 6.12. The van der Waals surface area contributed by atoms with Crippen molar-refractivity contribution in [3.63, 3.8) is 0 Å². The second-order valence-electron chi connectivity index (χ2n) is 6.12. The minimum Gasteiger partial charge on any atom is -0.479 e. The van der Waals surface area contributed by atoms with Crippen LogP contribution in [0.25, 0.3) is 0 Å². The van der Waals surface area contributed by atoms with Crippen LogP contribution < -0.4 is 14.4 Å². The van der Waals surface area contributed by atoms with Gasteiger partial charge in [-0.15, -0.1) is 5.10 Å². The third-order valence-corrected chi connectivity index (χ3v) is 4.00. The average molecular weight is 346 g/mol. The van der Waals surface area contributed by atoms with Crippen molar-refractivity contribution in [2.24, 2.45) is 7.05 Å². The number of aryl methyl sites for hydroxylation is 1. The molecule has 0 N–H and O–H groups in total. The molecule has 1 amide bonds. The zero-order valence-corrected chi connectivity index (χ0v) is 14.8. The van der Waals surface area contributed by atoms with E-state index in [9.17, 15) is 4.79 Å². The summed E-state index contributed by atoms with van der Waals surface area (Å²) >= 11 is 0. The van der Waals surface area contributed by atoms with Crippen molar-refractivity contribution in [1.29, 1.82) is 0 Å². The summed E-state index contributed by atoms with van der Waals surface area (Å²) in [6.07, 6.45) is 5.55. The fourth-order valence-electron chi connectivity index (χ4n) is 2.73. The maximum Gasteiger partial charge on any atom is 0.261 e. The monoisotopic (exact) mass is 346 g/mol. The van der Waals surface area contributed by atoms with Gasteiger partial charge in [-0.3, -0.25) is 14.5 Å². The predicted molar refractivity (Wildman–Crippen MR) is 91.1 cm³/mol. The number of ether oxygens (including phenoxy) is 2. The number of hydrogen-bond donors (Lipinski definition) is 0. The van der Waals surface area contributed by atoms with Gasteiger partial charge in [0.15, 0.2) is 5.82 Å². The molecule has 0 aromatic carbocycles. The summed E-state index contributed by atoms with van der Waals surface area (Å²) in [7, 11) is 7.05. The normalized spacial score (nSPS) is 16.8. The minimum atomic E-state index is -0.113. The number of carbonyl (C=O) groups excluding carboxylic acids is 1. The Morgan fingerprint density at radius 2 is 2.16 bits per heavy atom. The topological polar surface area (TPSA) is 85.6 Å². The van der Waals surface area contributed by atoms with Gasteiger partial charge in [-0.25, -0.2) is 0 Å². The summed E-state index contributed by atoms with van der Waals surface area (Å²) in [6, 6.07) is 0. The van der Waals surface area contributed by atoms with E-state index in [0.29, 0.717) is 30.4 Å². The van der Waals surface area contributed by atoms with Gasteiger partial charge >= 0.3 is 0 Å². The number of carbonyl (C=O) groups is 1. The Bertz CT molecular complexity index is 760. The van der Waals surface area contributed by atoms with Crippen LogP contribution in [0.5, 0.6) is 11.8 Å². The zero-order chi connectivity index (χ0) is 18.0. The lowest BCUT2D eigenvalue weighted by Crippen LogP contribution is -2.31. The fraction of sp³-hybridized carbons (Fsp3) is 0.500. The van der Waals surface area contributed by atoms with Gasteiger partial charge in [0.1, 0.15) is 11.7 Å². The first-order valence-corrected chi connectivity index (χ1v) is 8.01. The predicted octanol–water partition coefficient (Wildman–Crippen LogP) is 0.578. The van der Waals surface area contributed by atoms with Crippen molar-refractivity contribution < 1.29 is 14.3 Å². The van der Waals surface area contributed by atoms with E-state index in [1.807, 2.05) is 19.0 Å². The highest BCUT2D eigenvalue weighted by atomic mass is 16.5. The number of anilines is 1. The van der Waals surface area contributed by atoms with E-state index in [4.69, 9.17) is 9.47 Å². The van der Waals surface area contributed by atoms with Crippen LogP contribution in [-0.2, 0) is 7.05 Å². The van der Waals surface area contributed by atoms with Crippen molar-refractivity contribution in [1.82, 2.24) is 24.6 Å². The Labute approximate surface area is 146 Å². The van der Waals surface area contributed by atoms with E-state index >= 15 is 0 Å². The smallest absolute Gasteiger partial charge is 0.261 e. The van der Waals surface area contributed by atoms with Gasteiger partial charge in [-0.05, 0) is 0 Å². The van der Waals surface area contributed by atoms with Crippen molar-refractivity contribution in [3.05, 3.63) is 24.2 Å². The molecule has 1 fully saturated rings. The molecule has 2 aromatic heterocycles. The number of nitrogens with zero attached hydrogens (tertiary/aromatic N) is 6. The number of rotatable bonds is 5. The van der Waals surface area contributed by atoms with Crippen molar-refractivity contribution in [2.75, 3.05) is 39.2 Å². The molecule has 1 aliphatic heterocycles. The van der Waals surface area contributed by atoms with E-state index in [1.54, 1.807) is 35.2 Å². The van der Waals surface area contributed by atoms with Crippen LogP contribution >= 0.6 is 0 Å². The number of likely N-dealkylation sites (tertiary alicyclic amines) is 1. The molecule has 3 rings (SSSR count). The van der Waals surface area contributed by atoms with Crippen LogP contribution in [-0.4, -0.2) is 71.0 Å². The van der Waals surface area contributed by atoms with E-state index in [2.05, 4.69) is 15.1 Å². The molecule has 9 heteroatoms. The van der Waals surface area contributed by atoms with E-state index < -0.39 is 0 Å². The molecular weight excluding hydrogens is 324 g/mol. The van der Waals surface area contributed by atoms with Crippen LogP contribution in [0.4, 0.5) is 5.82 Å². The maximum atomic E-state index is 12.7. The molecular formula is C16H22N6O3. The van der Waals surface area contributed by atoms with E-state index in [0.717, 1.165) is 12.2 Å². The molecule has 2 aromatic rings. The van der Waals surface area contributed by atoms with Crippen molar-refractivity contribution in [2.45, 2.75) is 12.5 Å². The lowest BCUT2D eigenvalue weighted by Gasteiger charge is -2.17. The van der Waals surface area contributed by atoms with Gasteiger partial charge in [0.05, 0.1) is 26.0 Å². The quantitative estimate of drug-likeness (QED) is 0.783. The SMILES string of the molecule is COc1nn(C)cc1C(=O)N1CC[C@@H](Oc2cncc(N(C)C)n2)C1. The van der Waals surface area contributed by atoms with Gasteiger partial charge in [-0.2, -0.15) is 4.98 Å². The van der Waals surface area contributed by atoms with Crippen LogP contribution in [0, 0.1) is 0 Å². The largest absolute Gasteiger partial charge is 0.479 e. The Hall–Kier alpha value is -2.84. The first kappa shape index (κ1) is 17.0. The van der Waals surface area contributed by atoms with Gasteiger partial charge in [-0.1, -0.05) is 0 Å². The first-order chi connectivity index (χ1) is 12.0. The zero-order valence-electron chi connectivity index (χ0n) is 14.8. The molecule has 0 aliphatic carbocycles. The molecule has 1 atom stereocenters. The summed E-state index contributed by atoms with van der Waals surface area (Å²) in [5.41, 5.74) is 0.458. The summed E-state index contributed by atoms with van der Waals surface area (Å²) in [6.45, 7) is 1.10. The fourth-order valence-corrected chi connectivity index (χ4v) is 2.73. The molecule has 0 unspecified atom stereocenters. The van der Waals surface area contributed by atoms with Crippen LogP contribution in [0.2, 0.25) is 0 Å². The maximum absolute atomic E-state index is 12.7. The average Bonchev–Trinajstić information content (AvgIpc) is 3.20. The highest BCUT2D eigenvalue weighted by molar-refractivity contribution is 5.96. The van der Waals surface area contributed by atoms with Gasteiger partial charge in [0, 0.05) is 40.3 Å².